The molecule has 0 saturated heterocycles. The molecule has 0 bridgehead atoms. The van der Waals surface area contributed by atoms with Gasteiger partial charge in [-0.05, 0) is 57.0 Å². The van der Waals surface area contributed by atoms with E-state index in [1.165, 1.54) is 0 Å². The van der Waals surface area contributed by atoms with Crippen LogP contribution in [0.2, 0.25) is 0 Å². The maximum atomic E-state index is 5.47. The van der Waals surface area contributed by atoms with Gasteiger partial charge in [0.1, 0.15) is 5.75 Å². The fraction of sp³-hybridized carbons (Fsp3) is 0.429. The van der Waals surface area contributed by atoms with Gasteiger partial charge in [0, 0.05) is 0 Å². The molecule has 0 fully saturated rings. The lowest BCUT2D eigenvalue weighted by atomic mass is 10.2. The Kier molecular flexibility index (Phi) is 4.92. The first-order valence-electron chi connectivity index (χ1n) is 6.68. The number of hydrogen-bond donors (Lipinski definition) is 1. The summed E-state index contributed by atoms with van der Waals surface area (Å²) in [6, 6.07) is 7.83. The van der Waals surface area contributed by atoms with Crippen molar-refractivity contribution in [3.63, 3.8) is 0 Å². The van der Waals surface area contributed by atoms with Gasteiger partial charge in [0.2, 0.25) is 0 Å². The van der Waals surface area contributed by atoms with Crippen LogP contribution < -0.4 is 10.5 Å². The fourth-order valence-electron chi connectivity index (χ4n) is 1.85. The van der Waals surface area contributed by atoms with E-state index in [9.17, 15) is 0 Å². The lowest BCUT2D eigenvalue weighted by Gasteiger charge is -2.04. The molecule has 0 saturated carbocycles. The molecule has 5 nitrogen and oxygen atoms in total. The molecule has 0 spiro atoms. The Morgan fingerprint density at radius 3 is 2.68 bits per heavy atom. The van der Waals surface area contributed by atoms with E-state index in [2.05, 4.69) is 10.3 Å². The lowest BCUT2D eigenvalue weighted by Crippen LogP contribution is -1.99. The summed E-state index contributed by atoms with van der Waals surface area (Å²) in [5.41, 5.74) is 7.46. The molecule has 5 heteroatoms. The molecule has 1 aromatic heterocycles. The predicted molar refractivity (Wildman–Crippen MR) is 74.5 cm³/mol. The minimum atomic E-state index is 0.675. The number of rotatable bonds is 7. The van der Waals surface area contributed by atoms with Gasteiger partial charge in [0.05, 0.1) is 24.2 Å². The molecule has 1 aromatic carbocycles. The van der Waals surface area contributed by atoms with Gasteiger partial charge in [-0.25, -0.2) is 4.68 Å². The molecular weight excluding hydrogens is 240 g/mol. The van der Waals surface area contributed by atoms with Crippen LogP contribution in [0.3, 0.4) is 0 Å². The van der Waals surface area contributed by atoms with Crippen molar-refractivity contribution in [2.75, 3.05) is 13.2 Å². The summed E-state index contributed by atoms with van der Waals surface area (Å²) in [4.78, 5) is 0. The third kappa shape index (κ3) is 3.79. The van der Waals surface area contributed by atoms with Gasteiger partial charge in [-0.2, -0.15) is 0 Å². The molecule has 0 radical (unpaired) electrons. The van der Waals surface area contributed by atoms with E-state index in [0.717, 1.165) is 42.9 Å². The molecule has 0 atom stereocenters. The average Bonchev–Trinajstić information content (AvgIpc) is 2.89. The van der Waals surface area contributed by atoms with Gasteiger partial charge < -0.3 is 10.5 Å². The van der Waals surface area contributed by atoms with E-state index in [0.29, 0.717) is 6.61 Å². The molecule has 102 valence electrons. The Bertz CT molecular complexity index is 492. The molecule has 19 heavy (non-hydrogen) atoms. The number of aromatic nitrogens is 3. The van der Waals surface area contributed by atoms with Gasteiger partial charge in [-0.1, -0.05) is 5.21 Å². The topological polar surface area (TPSA) is 66.0 Å². The molecule has 0 aliphatic carbocycles. The first-order chi connectivity index (χ1) is 9.33. The Balaban J connectivity index is 2.01. The van der Waals surface area contributed by atoms with Crippen LogP contribution in [0, 0.1) is 0 Å². The van der Waals surface area contributed by atoms with Crippen LogP contribution in [0.15, 0.2) is 30.5 Å². The molecular formula is C14H20N4O. The molecule has 2 N–H and O–H groups in total. The minimum Gasteiger partial charge on any atom is -0.494 e. The number of unbranched alkanes of at least 4 members (excludes halogenated alkanes) is 1. The zero-order valence-corrected chi connectivity index (χ0v) is 11.2. The molecule has 0 aliphatic heterocycles. The second-order valence-corrected chi connectivity index (χ2v) is 4.33. The maximum Gasteiger partial charge on any atom is 0.119 e. The van der Waals surface area contributed by atoms with Crippen LogP contribution in [-0.4, -0.2) is 28.1 Å². The number of aryl methyl sites for hydroxylation is 1. The summed E-state index contributed by atoms with van der Waals surface area (Å²) in [7, 11) is 0. The summed E-state index contributed by atoms with van der Waals surface area (Å²) in [5.74, 6) is 0.870. The standard InChI is InChI=1S/C14H20N4O/c1-2-19-14-8-6-13(7-9-14)18-11-12(16-17-18)5-3-4-10-15/h6-9,11H,2-5,10,15H2,1H3. The van der Waals surface area contributed by atoms with Gasteiger partial charge in [-0.3, -0.25) is 0 Å². The van der Waals surface area contributed by atoms with Gasteiger partial charge >= 0.3 is 0 Å². The lowest BCUT2D eigenvalue weighted by molar-refractivity contribution is 0.340. The molecule has 2 rings (SSSR count). The van der Waals surface area contributed by atoms with Crippen LogP contribution in [0.25, 0.3) is 5.69 Å². The highest BCUT2D eigenvalue weighted by atomic mass is 16.5. The van der Waals surface area contributed by atoms with E-state index < -0.39 is 0 Å². The Hall–Kier alpha value is -1.88. The number of nitrogens with zero attached hydrogens (tertiary/aromatic N) is 3. The predicted octanol–water partition coefficient (Wildman–Crippen LogP) is 1.95. The van der Waals surface area contributed by atoms with E-state index in [1.54, 1.807) is 4.68 Å². The molecule has 2 aromatic rings. The normalized spacial score (nSPS) is 10.6. The van der Waals surface area contributed by atoms with E-state index in [1.807, 2.05) is 37.4 Å². The van der Waals surface area contributed by atoms with Crippen LogP contribution in [-0.2, 0) is 6.42 Å². The Morgan fingerprint density at radius 1 is 1.21 bits per heavy atom. The van der Waals surface area contributed by atoms with E-state index in [4.69, 9.17) is 10.5 Å². The fourth-order valence-corrected chi connectivity index (χ4v) is 1.85. The van der Waals surface area contributed by atoms with Crippen molar-refractivity contribution < 1.29 is 4.74 Å². The van der Waals surface area contributed by atoms with Gasteiger partial charge in [-0.15, -0.1) is 5.10 Å². The third-order valence-electron chi connectivity index (χ3n) is 2.84. The number of ether oxygens (including phenoxy) is 1. The monoisotopic (exact) mass is 260 g/mol. The first-order valence-corrected chi connectivity index (χ1v) is 6.68. The molecule has 0 amide bonds. The summed E-state index contributed by atoms with van der Waals surface area (Å²) >= 11 is 0. The highest BCUT2D eigenvalue weighted by Crippen LogP contribution is 2.15. The maximum absolute atomic E-state index is 5.47. The smallest absolute Gasteiger partial charge is 0.119 e. The average molecular weight is 260 g/mol. The highest BCUT2D eigenvalue weighted by Gasteiger charge is 2.03. The van der Waals surface area contributed by atoms with Crippen molar-refractivity contribution in [1.82, 2.24) is 15.0 Å². The quantitative estimate of drug-likeness (QED) is 0.773. The van der Waals surface area contributed by atoms with E-state index >= 15 is 0 Å². The van der Waals surface area contributed by atoms with Crippen LogP contribution in [0.5, 0.6) is 5.75 Å². The second kappa shape index (κ2) is 6.89. The van der Waals surface area contributed by atoms with Crippen molar-refractivity contribution in [3.8, 4) is 11.4 Å². The summed E-state index contributed by atoms with van der Waals surface area (Å²) in [5, 5.41) is 8.30. The third-order valence-corrected chi connectivity index (χ3v) is 2.84. The number of benzene rings is 1. The summed E-state index contributed by atoms with van der Waals surface area (Å²) in [6.45, 7) is 3.37. The SMILES string of the molecule is CCOc1ccc(-n2cc(CCCCN)nn2)cc1. The van der Waals surface area contributed by atoms with Crippen LogP contribution >= 0.6 is 0 Å². The van der Waals surface area contributed by atoms with Crippen molar-refractivity contribution in [1.29, 1.82) is 0 Å². The van der Waals surface area contributed by atoms with E-state index in [-0.39, 0.29) is 0 Å². The molecule has 1 heterocycles. The zero-order chi connectivity index (χ0) is 13.5. The number of nitrogens with two attached hydrogens (primary N) is 1. The van der Waals surface area contributed by atoms with Crippen molar-refractivity contribution in [2.24, 2.45) is 5.73 Å². The molecule has 0 unspecified atom stereocenters. The minimum absolute atomic E-state index is 0.675. The summed E-state index contributed by atoms with van der Waals surface area (Å²) < 4.78 is 7.20. The van der Waals surface area contributed by atoms with Crippen molar-refractivity contribution in [3.05, 3.63) is 36.2 Å². The molecule has 0 aliphatic rings. The van der Waals surface area contributed by atoms with Crippen molar-refractivity contribution >= 4 is 0 Å². The van der Waals surface area contributed by atoms with Crippen molar-refractivity contribution in [2.45, 2.75) is 26.2 Å². The zero-order valence-electron chi connectivity index (χ0n) is 11.2. The van der Waals surface area contributed by atoms with Crippen LogP contribution in [0.4, 0.5) is 0 Å². The second-order valence-electron chi connectivity index (χ2n) is 4.33. The van der Waals surface area contributed by atoms with Gasteiger partial charge in [0.15, 0.2) is 0 Å². The Morgan fingerprint density at radius 2 is 2.00 bits per heavy atom. The largest absolute Gasteiger partial charge is 0.494 e. The van der Waals surface area contributed by atoms with Gasteiger partial charge in [0.25, 0.3) is 0 Å². The van der Waals surface area contributed by atoms with Crippen LogP contribution in [0.1, 0.15) is 25.5 Å². The highest BCUT2D eigenvalue weighted by molar-refractivity contribution is 5.36. The number of hydrogen-bond acceptors (Lipinski definition) is 4. The Labute approximate surface area is 113 Å². The first kappa shape index (κ1) is 13.5. The summed E-state index contributed by atoms with van der Waals surface area (Å²) in [6.07, 6.45) is 4.97.